The summed E-state index contributed by atoms with van der Waals surface area (Å²) in [4.78, 5) is 0. The summed E-state index contributed by atoms with van der Waals surface area (Å²) in [6.07, 6.45) is 0.176. The van der Waals surface area contributed by atoms with Crippen molar-refractivity contribution in [3.63, 3.8) is 0 Å². The molecule has 1 heterocycles. The predicted molar refractivity (Wildman–Crippen MR) is 155 cm³/mol. The third-order valence-electron chi connectivity index (χ3n) is 7.50. The average Bonchev–Trinajstić information content (AvgIpc) is 3.00. The summed E-state index contributed by atoms with van der Waals surface area (Å²) in [6.45, 7) is 2.72. The molecule has 1 aliphatic heterocycles. The first-order chi connectivity index (χ1) is 22.4. The van der Waals surface area contributed by atoms with Gasteiger partial charge >= 0.3 is 6.11 Å². The molecule has 1 saturated heterocycles. The predicted octanol–water partition coefficient (Wildman–Crippen LogP) is 9.87. The zero-order valence-electron chi connectivity index (χ0n) is 24.6. The Morgan fingerprint density at radius 3 is 1.87 bits per heavy atom. The van der Waals surface area contributed by atoms with E-state index in [4.69, 9.17) is 14.7 Å². The van der Waals surface area contributed by atoms with Gasteiger partial charge in [-0.1, -0.05) is 24.3 Å². The number of rotatable bonds is 9. The van der Waals surface area contributed by atoms with Gasteiger partial charge in [-0.25, -0.2) is 26.3 Å². The van der Waals surface area contributed by atoms with E-state index in [-0.39, 0.29) is 22.6 Å². The molecule has 0 radical (unpaired) electrons. The van der Waals surface area contributed by atoms with E-state index in [0.29, 0.717) is 49.1 Å². The summed E-state index contributed by atoms with van der Waals surface area (Å²) in [5.41, 5.74) is -3.81. The topological polar surface area (TPSA) is 51.5 Å². The molecular formula is C35H25F8NO3. The largest absolute Gasteiger partial charge is 0.432 e. The zero-order chi connectivity index (χ0) is 33.9. The molecule has 1 fully saturated rings. The van der Waals surface area contributed by atoms with Gasteiger partial charge < -0.3 is 14.2 Å². The van der Waals surface area contributed by atoms with Gasteiger partial charge in [-0.15, -0.1) is 0 Å². The Balaban J connectivity index is 1.32. The quantitative estimate of drug-likeness (QED) is 0.133. The Hall–Kier alpha value is -4.73. The number of alkyl halides is 2. The van der Waals surface area contributed by atoms with E-state index in [0.717, 1.165) is 31.0 Å². The van der Waals surface area contributed by atoms with Crippen LogP contribution in [0.1, 0.15) is 42.7 Å². The normalized spacial score (nSPS) is 16.8. The molecule has 0 amide bonds. The summed E-state index contributed by atoms with van der Waals surface area (Å²) in [5.74, 6) is -8.93. The standard InChI is InChI=1S/C35H25F8NO3/c1-2-3-4-5-19-17-45-34(46-18-19)20-6-8-24(27(36)10-20)22-13-31(40)33(32(41)14-22)35(42,43)47-23-7-9-25(30(39)15-23)21-11-28(37)26(16-44)29(38)12-21/h2-3,6-15,19,34H,4-5,17-18H2,1H3. The number of nitrogens with zero attached hydrogens (tertiary/aromatic N) is 1. The Labute approximate surface area is 264 Å². The van der Waals surface area contributed by atoms with Crippen LogP contribution >= 0.6 is 0 Å². The van der Waals surface area contributed by atoms with Crippen LogP contribution < -0.4 is 4.74 Å². The maximum absolute atomic E-state index is 15.1. The molecule has 47 heavy (non-hydrogen) atoms. The molecule has 1 aliphatic rings. The highest BCUT2D eigenvalue weighted by Crippen LogP contribution is 2.39. The van der Waals surface area contributed by atoms with Crippen molar-refractivity contribution in [1.82, 2.24) is 0 Å². The van der Waals surface area contributed by atoms with E-state index >= 15 is 22.0 Å². The fourth-order valence-corrected chi connectivity index (χ4v) is 5.15. The lowest BCUT2D eigenvalue weighted by Crippen LogP contribution is -2.27. The number of allylic oxidation sites excluding steroid dienone is 2. The number of ether oxygens (including phenoxy) is 3. The lowest BCUT2D eigenvalue weighted by molar-refractivity contribution is -0.205. The molecule has 4 nitrogen and oxygen atoms in total. The highest BCUT2D eigenvalue weighted by molar-refractivity contribution is 5.67. The lowest BCUT2D eigenvalue weighted by atomic mass is 9.99. The second-order valence-electron chi connectivity index (χ2n) is 10.8. The van der Waals surface area contributed by atoms with Gasteiger partial charge in [-0.05, 0) is 73.4 Å². The minimum absolute atomic E-state index is 0.169. The molecule has 244 valence electrons. The van der Waals surface area contributed by atoms with Crippen molar-refractivity contribution in [3.05, 3.63) is 124 Å². The van der Waals surface area contributed by atoms with Gasteiger partial charge in [0.2, 0.25) is 0 Å². The smallest absolute Gasteiger partial charge is 0.429 e. The van der Waals surface area contributed by atoms with Crippen LogP contribution in [-0.2, 0) is 15.6 Å². The van der Waals surface area contributed by atoms with Crippen molar-refractivity contribution < 1.29 is 49.3 Å². The van der Waals surface area contributed by atoms with Crippen LogP contribution in [0.5, 0.6) is 5.75 Å². The molecule has 0 aromatic heterocycles. The van der Waals surface area contributed by atoms with Crippen molar-refractivity contribution in [2.45, 2.75) is 32.2 Å². The Morgan fingerprint density at radius 2 is 1.34 bits per heavy atom. The second-order valence-corrected chi connectivity index (χ2v) is 10.8. The third-order valence-corrected chi connectivity index (χ3v) is 7.50. The number of hydrogen-bond acceptors (Lipinski definition) is 4. The van der Waals surface area contributed by atoms with Gasteiger partial charge in [-0.3, -0.25) is 0 Å². The number of benzene rings is 4. The van der Waals surface area contributed by atoms with E-state index < -0.39 is 69.7 Å². The number of hydrogen-bond donors (Lipinski definition) is 0. The van der Waals surface area contributed by atoms with Crippen molar-refractivity contribution >= 4 is 0 Å². The van der Waals surface area contributed by atoms with Gasteiger partial charge in [0, 0.05) is 28.7 Å². The molecule has 0 atom stereocenters. The Morgan fingerprint density at radius 1 is 0.787 bits per heavy atom. The van der Waals surface area contributed by atoms with Gasteiger partial charge in [0.25, 0.3) is 0 Å². The first-order valence-electron chi connectivity index (χ1n) is 14.3. The van der Waals surface area contributed by atoms with Gasteiger partial charge in [-0.2, -0.15) is 14.0 Å². The molecule has 0 spiro atoms. The monoisotopic (exact) mass is 659 g/mol. The van der Waals surface area contributed by atoms with Crippen LogP contribution in [0.2, 0.25) is 0 Å². The SMILES string of the molecule is CC=CCCC1COC(c2ccc(-c3cc(F)c(C(F)(F)Oc4ccc(-c5cc(F)c(C#N)c(F)c5)c(F)c4)c(F)c3)c(F)c2)OC1. The molecule has 4 aromatic rings. The third kappa shape index (κ3) is 7.32. The summed E-state index contributed by atoms with van der Waals surface area (Å²) in [5, 5.41) is 8.79. The molecule has 0 aliphatic carbocycles. The van der Waals surface area contributed by atoms with Crippen LogP contribution in [0, 0.1) is 52.2 Å². The summed E-state index contributed by atoms with van der Waals surface area (Å²) >= 11 is 0. The lowest BCUT2D eigenvalue weighted by Gasteiger charge is -2.29. The fraction of sp³-hybridized carbons (Fsp3) is 0.229. The van der Waals surface area contributed by atoms with Crippen molar-refractivity contribution in [3.8, 4) is 34.1 Å². The minimum Gasteiger partial charge on any atom is -0.429 e. The fourth-order valence-electron chi connectivity index (χ4n) is 5.15. The van der Waals surface area contributed by atoms with Crippen LogP contribution in [0.4, 0.5) is 35.1 Å². The molecule has 0 unspecified atom stereocenters. The number of halogens is 8. The van der Waals surface area contributed by atoms with Crippen LogP contribution in [0.3, 0.4) is 0 Å². The van der Waals surface area contributed by atoms with Gasteiger partial charge in [0.1, 0.15) is 57.8 Å². The van der Waals surface area contributed by atoms with E-state index in [1.54, 1.807) is 0 Å². The molecular weight excluding hydrogens is 634 g/mol. The first-order valence-corrected chi connectivity index (χ1v) is 14.3. The van der Waals surface area contributed by atoms with Crippen molar-refractivity contribution in [1.29, 1.82) is 5.26 Å². The number of nitriles is 1. The van der Waals surface area contributed by atoms with E-state index in [1.807, 2.05) is 19.1 Å². The summed E-state index contributed by atoms with van der Waals surface area (Å²) in [6, 6.07) is 9.50. The summed E-state index contributed by atoms with van der Waals surface area (Å²) < 4.78 is 134. The Kier molecular flexibility index (Phi) is 9.98. The van der Waals surface area contributed by atoms with E-state index in [2.05, 4.69) is 4.74 Å². The highest BCUT2D eigenvalue weighted by Gasteiger charge is 2.41. The average molecular weight is 660 g/mol. The second kappa shape index (κ2) is 13.9. The molecule has 5 rings (SSSR count). The molecule has 12 heteroatoms. The summed E-state index contributed by atoms with van der Waals surface area (Å²) in [7, 11) is 0. The van der Waals surface area contributed by atoms with Gasteiger partial charge in [0.05, 0.1) is 13.2 Å². The molecule has 4 aromatic carbocycles. The maximum atomic E-state index is 15.1. The van der Waals surface area contributed by atoms with Gasteiger partial charge in [0.15, 0.2) is 6.29 Å². The van der Waals surface area contributed by atoms with Crippen molar-refractivity contribution in [2.75, 3.05) is 13.2 Å². The molecule has 0 N–H and O–H groups in total. The van der Waals surface area contributed by atoms with Crippen LogP contribution in [0.15, 0.2) is 72.8 Å². The van der Waals surface area contributed by atoms with Crippen LogP contribution in [-0.4, -0.2) is 13.2 Å². The van der Waals surface area contributed by atoms with Crippen LogP contribution in [0.25, 0.3) is 22.3 Å². The Bertz CT molecular complexity index is 1820. The van der Waals surface area contributed by atoms with E-state index in [1.165, 1.54) is 18.2 Å². The van der Waals surface area contributed by atoms with E-state index in [9.17, 15) is 13.2 Å². The maximum Gasteiger partial charge on any atom is 0.432 e. The zero-order valence-corrected chi connectivity index (χ0v) is 24.6. The molecule has 0 bridgehead atoms. The highest BCUT2D eigenvalue weighted by atomic mass is 19.3. The molecule has 0 saturated carbocycles. The van der Waals surface area contributed by atoms with Crippen molar-refractivity contribution in [2.24, 2.45) is 5.92 Å². The first kappa shape index (κ1) is 33.6. The minimum atomic E-state index is -4.67.